The van der Waals surface area contributed by atoms with Gasteiger partial charge >= 0.3 is 0 Å². The molecule has 4 heteroatoms. The van der Waals surface area contributed by atoms with Crippen molar-refractivity contribution in [2.45, 2.75) is 38.1 Å². The van der Waals surface area contributed by atoms with Gasteiger partial charge in [0.1, 0.15) is 0 Å². The number of fused-ring (bicyclic) bond motifs is 1. The van der Waals surface area contributed by atoms with Crippen molar-refractivity contribution in [3.63, 3.8) is 0 Å². The molecule has 1 aromatic heterocycles. The Bertz CT molecular complexity index is 449. The van der Waals surface area contributed by atoms with Gasteiger partial charge in [0.15, 0.2) is 0 Å². The van der Waals surface area contributed by atoms with Crippen LogP contribution in [0.15, 0.2) is 12.3 Å². The Labute approximate surface area is 120 Å². The van der Waals surface area contributed by atoms with Gasteiger partial charge in [-0.15, -0.1) is 11.6 Å². The SMILES string of the molecule is Cc1cc(N2CCCN3CCCC3C2)c(CCl)cn1. The Morgan fingerprint density at radius 2 is 2.16 bits per heavy atom. The van der Waals surface area contributed by atoms with Gasteiger partial charge in [-0.1, -0.05) is 0 Å². The lowest BCUT2D eigenvalue weighted by Crippen LogP contribution is -2.37. The maximum absolute atomic E-state index is 6.08. The molecule has 2 aliphatic rings. The van der Waals surface area contributed by atoms with Crippen LogP contribution in [0.5, 0.6) is 0 Å². The third-order valence-electron chi connectivity index (χ3n) is 4.39. The number of hydrogen-bond donors (Lipinski definition) is 0. The number of pyridine rings is 1. The van der Waals surface area contributed by atoms with Crippen LogP contribution in [0.25, 0.3) is 0 Å². The van der Waals surface area contributed by atoms with E-state index in [1.165, 1.54) is 43.6 Å². The van der Waals surface area contributed by atoms with Crippen LogP contribution in [0.3, 0.4) is 0 Å². The highest BCUT2D eigenvalue weighted by atomic mass is 35.5. The summed E-state index contributed by atoms with van der Waals surface area (Å²) in [5.41, 5.74) is 3.55. The first-order valence-electron chi connectivity index (χ1n) is 7.28. The molecule has 1 aromatic rings. The molecule has 0 aliphatic carbocycles. The molecule has 1 unspecified atom stereocenters. The van der Waals surface area contributed by atoms with E-state index in [-0.39, 0.29) is 0 Å². The van der Waals surface area contributed by atoms with E-state index in [0.717, 1.165) is 24.8 Å². The Kier molecular flexibility index (Phi) is 3.94. The summed E-state index contributed by atoms with van der Waals surface area (Å²) >= 11 is 6.08. The minimum absolute atomic E-state index is 0.549. The second-order valence-corrected chi connectivity index (χ2v) is 5.99. The highest BCUT2D eigenvalue weighted by Gasteiger charge is 2.29. The highest BCUT2D eigenvalue weighted by molar-refractivity contribution is 6.17. The molecule has 3 heterocycles. The van der Waals surface area contributed by atoms with Gasteiger partial charge in [-0.25, -0.2) is 0 Å². The molecule has 19 heavy (non-hydrogen) atoms. The number of rotatable bonds is 2. The topological polar surface area (TPSA) is 19.4 Å². The van der Waals surface area contributed by atoms with Crippen LogP contribution in [0.1, 0.15) is 30.5 Å². The Balaban J connectivity index is 1.86. The zero-order chi connectivity index (χ0) is 13.2. The Hall–Kier alpha value is -0.800. The maximum atomic E-state index is 6.08. The standard InChI is InChI=1S/C15H22ClN3/c1-12-8-15(13(9-16)10-17-12)19-7-3-6-18-5-2-4-14(18)11-19/h8,10,14H,2-7,9,11H2,1H3. The minimum atomic E-state index is 0.549. The predicted octanol–water partition coefficient (Wildman–Crippen LogP) is 2.80. The molecule has 2 saturated heterocycles. The largest absolute Gasteiger partial charge is 0.370 e. The van der Waals surface area contributed by atoms with Crippen molar-refractivity contribution in [3.8, 4) is 0 Å². The van der Waals surface area contributed by atoms with Crippen LogP contribution >= 0.6 is 11.6 Å². The van der Waals surface area contributed by atoms with Crippen molar-refractivity contribution in [2.24, 2.45) is 0 Å². The second kappa shape index (κ2) is 5.68. The normalized spacial score (nSPS) is 24.3. The van der Waals surface area contributed by atoms with Crippen LogP contribution in [-0.2, 0) is 5.88 Å². The van der Waals surface area contributed by atoms with E-state index >= 15 is 0 Å². The molecule has 0 bridgehead atoms. The average Bonchev–Trinajstić information content (AvgIpc) is 2.76. The van der Waals surface area contributed by atoms with Crippen LogP contribution in [0.4, 0.5) is 5.69 Å². The molecular weight excluding hydrogens is 258 g/mol. The predicted molar refractivity (Wildman–Crippen MR) is 80.0 cm³/mol. The molecule has 104 valence electrons. The number of aryl methyl sites for hydroxylation is 1. The number of halogens is 1. The van der Waals surface area contributed by atoms with Gasteiger partial charge in [0.05, 0.1) is 5.88 Å². The summed E-state index contributed by atoms with van der Waals surface area (Å²) in [4.78, 5) is 9.57. The maximum Gasteiger partial charge on any atom is 0.0509 e. The van der Waals surface area contributed by atoms with Gasteiger partial charge in [-0.3, -0.25) is 9.88 Å². The first-order chi connectivity index (χ1) is 9.28. The number of anilines is 1. The molecule has 3 rings (SSSR count). The molecule has 0 amide bonds. The number of hydrogen-bond acceptors (Lipinski definition) is 3. The van der Waals surface area contributed by atoms with Crippen LogP contribution in [0, 0.1) is 6.92 Å². The molecule has 1 atom stereocenters. The van der Waals surface area contributed by atoms with Crippen molar-refractivity contribution in [2.75, 3.05) is 31.1 Å². The summed E-state index contributed by atoms with van der Waals surface area (Å²) < 4.78 is 0. The fraction of sp³-hybridized carbons (Fsp3) is 0.667. The lowest BCUT2D eigenvalue weighted by atomic mass is 10.1. The zero-order valence-corrected chi connectivity index (χ0v) is 12.4. The smallest absolute Gasteiger partial charge is 0.0509 e. The van der Waals surface area contributed by atoms with Crippen molar-refractivity contribution in [1.29, 1.82) is 0 Å². The van der Waals surface area contributed by atoms with E-state index in [0.29, 0.717) is 5.88 Å². The van der Waals surface area contributed by atoms with E-state index in [1.807, 2.05) is 6.20 Å². The summed E-state index contributed by atoms with van der Waals surface area (Å²) in [6, 6.07) is 2.93. The quantitative estimate of drug-likeness (QED) is 0.776. The first-order valence-corrected chi connectivity index (χ1v) is 7.82. The fourth-order valence-corrected chi connectivity index (χ4v) is 3.60. The highest BCUT2D eigenvalue weighted by Crippen LogP contribution is 2.28. The Morgan fingerprint density at radius 1 is 1.32 bits per heavy atom. The molecular formula is C15H22ClN3. The number of alkyl halides is 1. The van der Waals surface area contributed by atoms with Gasteiger partial charge in [0.2, 0.25) is 0 Å². The van der Waals surface area contributed by atoms with Crippen molar-refractivity contribution in [1.82, 2.24) is 9.88 Å². The zero-order valence-electron chi connectivity index (χ0n) is 11.6. The summed E-state index contributed by atoms with van der Waals surface area (Å²) in [6.07, 6.45) is 5.89. The molecule has 0 aromatic carbocycles. The first kappa shape index (κ1) is 13.2. The second-order valence-electron chi connectivity index (χ2n) is 5.72. The van der Waals surface area contributed by atoms with Gasteiger partial charge in [0.25, 0.3) is 0 Å². The molecule has 0 radical (unpaired) electrons. The van der Waals surface area contributed by atoms with E-state index < -0.39 is 0 Å². The van der Waals surface area contributed by atoms with Gasteiger partial charge in [-0.05, 0) is 38.8 Å². The minimum Gasteiger partial charge on any atom is -0.370 e. The monoisotopic (exact) mass is 279 g/mol. The molecule has 2 fully saturated rings. The van der Waals surface area contributed by atoms with Crippen molar-refractivity contribution in [3.05, 3.63) is 23.5 Å². The summed E-state index contributed by atoms with van der Waals surface area (Å²) in [7, 11) is 0. The fourth-order valence-electron chi connectivity index (χ4n) is 3.40. The third-order valence-corrected chi connectivity index (χ3v) is 4.67. The van der Waals surface area contributed by atoms with E-state index in [9.17, 15) is 0 Å². The number of aromatic nitrogens is 1. The van der Waals surface area contributed by atoms with Crippen molar-refractivity contribution >= 4 is 17.3 Å². The van der Waals surface area contributed by atoms with Crippen LogP contribution < -0.4 is 4.90 Å². The van der Waals surface area contributed by atoms with Gasteiger partial charge in [-0.2, -0.15) is 0 Å². The summed E-state index contributed by atoms with van der Waals surface area (Å²) in [6.45, 7) is 6.88. The average molecular weight is 280 g/mol. The van der Waals surface area contributed by atoms with Gasteiger partial charge < -0.3 is 4.90 Å². The van der Waals surface area contributed by atoms with Crippen molar-refractivity contribution < 1.29 is 0 Å². The lowest BCUT2D eigenvalue weighted by Gasteiger charge is -2.28. The summed E-state index contributed by atoms with van der Waals surface area (Å²) in [5.74, 6) is 0.549. The molecule has 2 aliphatic heterocycles. The van der Waals surface area contributed by atoms with Gasteiger partial charge in [0, 0.05) is 48.8 Å². The Morgan fingerprint density at radius 3 is 3.00 bits per heavy atom. The molecule has 0 N–H and O–H groups in total. The molecule has 0 spiro atoms. The molecule has 0 saturated carbocycles. The van der Waals surface area contributed by atoms with Crippen LogP contribution in [0.2, 0.25) is 0 Å². The van der Waals surface area contributed by atoms with E-state index in [4.69, 9.17) is 11.6 Å². The van der Waals surface area contributed by atoms with Crippen LogP contribution in [-0.4, -0.2) is 42.1 Å². The molecule has 3 nitrogen and oxygen atoms in total. The lowest BCUT2D eigenvalue weighted by molar-refractivity contribution is 0.273. The van der Waals surface area contributed by atoms with E-state index in [1.54, 1.807) is 0 Å². The summed E-state index contributed by atoms with van der Waals surface area (Å²) in [5, 5.41) is 0. The third kappa shape index (κ3) is 2.72. The number of nitrogens with zero attached hydrogens (tertiary/aromatic N) is 3. The van der Waals surface area contributed by atoms with E-state index in [2.05, 4.69) is 27.8 Å².